The van der Waals surface area contributed by atoms with Crippen LogP contribution < -0.4 is 5.32 Å². The van der Waals surface area contributed by atoms with Crippen LogP contribution in [0.25, 0.3) is 22.6 Å². The highest BCUT2D eigenvalue weighted by Gasteiger charge is 2.20. The topological polar surface area (TPSA) is 52.0 Å². The van der Waals surface area contributed by atoms with Crippen molar-refractivity contribution in [3.63, 3.8) is 0 Å². The van der Waals surface area contributed by atoms with Gasteiger partial charge in [0, 0.05) is 19.0 Å². The molecule has 1 aliphatic rings. The number of rotatable bonds is 2. The molecule has 0 saturated carbocycles. The molecule has 0 amide bonds. The number of aryl methyl sites for hydroxylation is 1. The van der Waals surface area contributed by atoms with Gasteiger partial charge in [-0.25, -0.2) is 9.97 Å². The molecule has 4 rings (SSSR count). The molecule has 6 heteroatoms. The van der Waals surface area contributed by atoms with E-state index in [1.807, 2.05) is 25.2 Å². The molecule has 1 aromatic carbocycles. The van der Waals surface area contributed by atoms with Gasteiger partial charge in [-0.1, -0.05) is 12.1 Å². The van der Waals surface area contributed by atoms with E-state index in [2.05, 4.69) is 21.3 Å². The fourth-order valence-electron chi connectivity index (χ4n) is 2.65. The maximum absolute atomic E-state index is 5.51. The molecule has 1 saturated heterocycles. The second-order valence-corrected chi connectivity index (χ2v) is 6.03. The minimum absolute atomic E-state index is 0.201. The van der Waals surface area contributed by atoms with Gasteiger partial charge in [-0.2, -0.15) is 0 Å². The first kappa shape index (κ1) is 12.9. The Bertz CT molecular complexity index is 773. The molecule has 3 heterocycles. The molecule has 21 heavy (non-hydrogen) atoms. The van der Waals surface area contributed by atoms with Crippen molar-refractivity contribution >= 4 is 22.4 Å². The molecule has 1 unspecified atom stereocenters. The van der Waals surface area contributed by atoms with Gasteiger partial charge < -0.3 is 14.6 Å². The summed E-state index contributed by atoms with van der Waals surface area (Å²) in [5.41, 5.74) is 3.06. The van der Waals surface area contributed by atoms with Gasteiger partial charge in [0.2, 0.25) is 0 Å². The number of nitrogens with zero attached hydrogens (tertiary/aromatic N) is 3. The van der Waals surface area contributed by atoms with E-state index < -0.39 is 0 Å². The van der Waals surface area contributed by atoms with Crippen molar-refractivity contribution in [3.8, 4) is 11.5 Å². The summed E-state index contributed by atoms with van der Waals surface area (Å²) >= 11 is 1.66. The number of aromatic nitrogens is 3. The van der Waals surface area contributed by atoms with Gasteiger partial charge in [-0.3, -0.25) is 0 Å². The zero-order valence-electron chi connectivity index (χ0n) is 11.7. The van der Waals surface area contributed by atoms with Crippen molar-refractivity contribution in [3.05, 3.63) is 34.7 Å². The number of fused-ring (bicyclic) bond motifs is 1. The van der Waals surface area contributed by atoms with Crippen LogP contribution in [0.2, 0.25) is 0 Å². The molecule has 1 atom stereocenters. The van der Waals surface area contributed by atoms with Gasteiger partial charge in [-0.05, 0) is 12.1 Å². The number of morpholine rings is 1. The van der Waals surface area contributed by atoms with E-state index in [0.717, 1.165) is 40.7 Å². The lowest BCUT2D eigenvalue weighted by atomic mass is 10.3. The van der Waals surface area contributed by atoms with Crippen LogP contribution in [0.5, 0.6) is 0 Å². The van der Waals surface area contributed by atoms with Crippen LogP contribution in [0.15, 0.2) is 29.6 Å². The highest BCUT2D eigenvalue weighted by molar-refractivity contribution is 7.10. The maximum atomic E-state index is 5.51. The lowest BCUT2D eigenvalue weighted by Crippen LogP contribution is -2.34. The Balaban J connectivity index is 1.72. The molecule has 5 nitrogen and oxygen atoms in total. The second-order valence-electron chi connectivity index (χ2n) is 5.14. The van der Waals surface area contributed by atoms with E-state index in [1.54, 1.807) is 11.3 Å². The van der Waals surface area contributed by atoms with Gasteiger partial charge in [0.25, 0.3) is 0 Å². The fourth-order valence-corrected chi connectivity index (χ4v) is 3.51. The molecular formula is C15H16N4OS. The van der Waals surface area contributed by atoms with E-state index >= 15 is 0 Å². The summed E-state index contributed by atoms with van der Waals surface area (Å²) in [6.45, 7) is 2.35. The quantitative estimate of drug-likeness (QED) is 0.789. The lowest BCUT2D eigenvalue weighted by Gasteiger charge is -2.21. The highest BCUT2D eigenvalue weighted by atomic mass is 32.1. The Hall–Kier alpha value is -1.76. The first-order valence-corrected chi connectivity index (χ1v) is 7.89. The standard InChI is InChI=1S/C15H16N4OS/c1-19-13-5-3-2-4-10(13)17-14(19)12-9-21-15(18-12)11-8-20-7-6-16-11/h2-5,9,11,16H,6-8H2,1H3. The first-order chi connectivity index (χ1) is 10.3. The van der Waals surface area contributed by atoms with E-state index in [0.29, 0.717) is 6.61 Å². The van der Waals surface area contributed by atoms with Crippen LogP contribution >= 0.6 is 11.3 Å². The number of imidazole rings is 1. The van der Waals surface area contributed by atoms with Crippen LogP contribution in [0.4, 0.5) is 0 Å². The van der Waals surface area contributed by atoms with Crippen molar-refractivity contribution in [1.29, 1.82) is 0 Å². The van der Waals surface area contributed by atoms with Crippen LogP contribution in [-0.2, 0) is 11.8 Å². The van der Waals surface area contributed by atoms with E-state index in [9.17, 15) is 0 Å². The Labute approximate surface area is 126 Å². The summed E-state index contributed by atoms with van der Waals surface area (Å²) in [5, 5.41) is 6.58. The number of ether oxygens (including phenoxy) is 1. The van der Waals surface area contributed by atoms with Crippen LogP contribution in [-0.4, -0.2) is 34.3 Å². The van der Waals surface area contributed by atoms with E-state index in [1.165, 1.54) is 0 Å². The smallest absolute Gasteiger partial charge is 0.160 e. The summed E-state index contributed by atoms with van der Waals surface area (Å²) in [6.07, 6.45) is 0. The fraction of sp³-hybridized carbons (Fsp3) is 0.333. The Morgan fingerprint density at radius 1 is 1.33 bits per heavy atom. The summed E-state index contributed by atoms with van der Waals surface area (Å²) in [6, 6.07) is 8.35. The number of nitrogens with one attached hydrogen (secondary N) is 1. The Morgan fingerprint density at radius 3 is 3.05 bits per heavy atom. The normalized spacial score (nSPS) is 19.2. The van der Waals surface area contributed by atoms with Gasteiger partial charge >= 0.3 is 0 Å². The van der Waals surface area contributed by atoms with Gasteiger partial charge in [-0.15, -0.1) is 11.3 Å². The number of benzene rings is 1. The van der Waals surface area contributed by atoms with Gasteiger partial charge in [0.05, 0.1) is 30.3 Å². The highest BCUT2D eigenvalue weighted by Crippen LogP contribution is 2.28. The third-order valence-corrected chi connectivity index (χ3v) is 4.72. The predicted molar refractivity (Wildman–Crippen MR) is 83.4 cm³/mol. The van der Waals surface area contributed by atoms with Gasteiger partial charge in [0.1, 0.15) is 10.7 Å². The predicted octanol–water partition coefficient (Wildman–Crippen LogP) is 2.36. The zero-order chi connectivity index (χ0) is 14.2. The molecule has 0 radical (unpaired) electrons. The zero-order valence-corrected chi connectivity index (χ0v) is 12.6. The molecule has 1 aliphatic heterocycles. The minimum atomic E-state index is 0.201. The summed E-state index contributed by atoms with van der Waals surface area (Å²) in [5.74, 6) is 0.912. The average Bonchev–Trinajstić information content (AvgIpc) is 3.14. The lowest BCUT2D eigenvalue weighted by molar-refractivity contribution is 0.0768. The van der Waals surface area contributed by atoms with Crippen molar-refractivity contribution in [2.45, 2.75) is 6.04 Å². The number of hydrogen-bond acceptors (Lipinski definition) is 5. The van der Waals surface area contributed by atoms with Crippen LogP contribution in [0, 0.1) is 0 Å². The van der Waals surface area contributed by atoms with Crippen molar-refractivity contribution in [2.24, 2.45) is 7.05 Å². The summed E-state index contributed by atoms with van der Waals surface area (Å²) in [7, 11) is 2.03. The largest absolute Gasteiger partial charge is 0.378 e. The first-order valence-electron chi connectivity index (χ1n) is 7.01. The molecule has 1 N–H and O–H groups in total. The molecule has 1 fully saturated rings. The number of hydrogen-bond donors (Lipinski definition) is 1. The maximum Gasteiger partial charge on any atom is 0.160 e. The van der Waals surface area contributed by atoms with Gasteiger partial charge in [0.15, 0.2) is 5.82 Å². The molecule has 0 aliphatic carbocycles. The number of para-hydroxylation sites is 2. The molecule has 0 bridgehead atoms. The monoisotopic (exact) mass is 300 g/mol. The molecule has 108 valence electrons. The second kappa shape index (κ2) is 5.22. The van der Waals surface area contributed by atoms with E-state index in [-0.39, 0.29) is 6.04 Å². The van der Waals surface area contributed by atoms with Crippen molar-refractivity contribution in [2.75, 3.05) is 19.8 Å². The summed E-state index contributed by atoms with van der Waals surface area (Å²) in [4.78, 5) is 9.45. The number of thiazole rings is 1. The molecular weight excluding hydrogens is 284 g/mol. The molecule has 3 aromatic rings. The van der Waals surface area contributed by atoms with Crippen LogP contribution in [0.1, 0.15) is 11.0 Å². The third kappa shape index (κ3) is 2.25. The Morgan fingerprint density at radius 2 is 2.24 bits per heavy atom. The minimum Gasteiger partial charge on any atom is -0.378 e. The SMILES string of the molecule is Cn1c(-c2csc(C3COCCN3)n2)nc2ccccc21. The van der Waals surface area contributed by atoms with Crippen LogP contribution in [0.3, 0.4) is 0 Å². The average molecular weight is 300 g/mol. The molecule has 2 aromatic heterocycles. The van der Waals surface area contributed by atoms with E-state index in [4.69, 9.17) is 14.7 Å². The van der Waals surface area contributed by atoms with Crippen molar-refractivity contribution < 1.29 is 4.74 Å². The van der Waals surface area contributed by atoms with Crippen molar-refractivity contribution in [1.82, 2.24) is 19.9 Å². The summed E-state index contributed by atoms with van der Waals surface area (Å²) < 4.78 is 7.60. The Kier molecular flexibility index (Phi) is 3.21. The third-order valence-electron chi connectivity index (χ3n) is 3.76. The molecule has 0 spiro atoms.